The first-order valence-corrected chi connectivity index (χ1v) is 11.4. The van der Waals surface area contributed by atoms with Crippen LogP contribution in [-0.2, 0) is 15.7 Å². The molecule has 11 heteroatoms. The van der Waals surface area contributed by atoms with Crippen LogP contribution in [0.25, 0.3) is 5.65 Å². The number of piperidine rings is 1. The number of nitrogens with one attached hydrogen (secondary N) is 1. The summed E-state index contributed by atoms with van der Waals surface area (Å²) < 4.78 is 45.8. The second-order valence-corrected chi connectivity index (χ2v) is 8.52. The number of carbonyl (C=O) groups is 1. The fourth-order valence-corrected chi connectivity index (χ4v) is 4.41. The summed E-state index contributed by atoms with van der Waals surface area (Å²) in [5.41, 5.74) is 0.0443. The van der Waals surface area contributed by atoms with Crippen LogP contribution in [-0.4, -0.2) is 58.1 Å². The molecular weight excluding hydrogens is 425 g/mol. The third kappa shape index (κ3) is 5.48. The van der Waals surface area contributed by atoms with Crippen molar-refractivity contribution in [3.05, 3.63) is 18.0 Å². The molecule has 2 aliphatic rings. The summed E-state index contributed by atoms with van der Waals surface area (Å²) in [5.74, 6) is -0.795. The Morgan fingerprint density at radius 3 is 2.56 bits per heavy atom. The van der Waals surface area contributed by atoms with Gasteiger partial charge < -0.3 is 15.0 Å². The Hall–Kier alpha value is -2.43. The number of rotatable bonds is 7. The van der Waals surface area contributed by atoms with Crippen LogP contribution in [0.5, 0.6) is 0 Å². The molecule has 32 heavy (non-hydrogen) atoms. The first-order chi connectivity index (χ1) is 15.4. The highest BCUT2D eigenvalue weighted by Crippen LogP contribution is 2.28. The number of fused-ring (bicyclic) bond motifs is 1. The number of halogens is 3. The van der Waals surface area contributed by atoms with Crippen molar-refractivity contribution < 1.29 is 22.7 Å². The van der Waals surface area contributed by atoms with Crippen molar-refractivity contribution >= 4 is 17.4 Å². The van der Waals surface area contributed by atoms with Gasteiger partial charge in [-0.2, -0.15) is 17.7 Å². The quantitative estimate of drug-likeness (QED) is 0.647. The number of hydrogen-bond donors (Lipinski definition) is 1. The minimum absolute atomic E-state index is 0.0314. The first-order valence-electron chi connectivity index (χ1n) is 11.4. The molecule has 0 aromatic carbocycles. The molecule has 2 aromatic heterocycles. The zero-order valence-corrected chi connectivity index (χ0v) is 18.0. The van der Waals surface area contributed by atoms with Crippen molar-refractivity contribution in [3.8, 4) is 0 Å². The number of aromatic nitrogens is 4. The Bertz CT molecular complexity index is 905. The summed E-state index contributed by atoms with van der Waals surface area (Å²) in [5, 5.41) is 13.8. The lowest BCUT2D eigenvalue weighted by Gasteiger charge is -2.32. The number of nitrogens with zero attached hydrogens (tertiary/aromatic N) is 5. The second-order valence-electron chi connectivity index (χ2n) is 8.52. The summed E-state index contributed by atoms with van der Waals surface area (Å²) in [7, 11) is 0. The van der Waals surface area contributed by atoms with Gasteiger partial charge in [0.05, 0.1) is 6.10 Å². The van der Waals surface area contributed by atoms with E-state index in [1.54, 1.807) is 6.07 Å². The van der Waals surface area contributed by atoms with Gasteiger partial charge in [0.1, 0.15) is 5.82 Å². The zero-order chi connectivity index (χ0) is 22.6. The molecule has 4 rings (SSSR count). The van der Waals surface area contributed by atoms with Crippen LogP contribution in [0, 0.1) is 5.92 Å². The standard InChI is InChI=1S/C21H29F3N6O2/c22-21(23,24)20-27-26-17-7-8-18(28-30(17)20)29-12-9-15(10-13-29)19(31)25-11-4-14-32-16-5-2-1-3-6-16/h7-8,15-16H,1-6,9-14H2,(H,25,31). The van der Waals surface area contributed by atoms with E-state index < -0.39 is 12.0 Å². The van der Waals surface area contributed by atoms with Crippen molar-refractivity contribution in [2.24, 2.45) is 5.92 Å². The number of alkyl halides is 3. The van der Waals surface area contributed by atoms with Gasteiger partial charge in [-0.15, -0.1) is 15.3 Å². The Kier molecular flexibility index (Phi) is 7.12. The van der Waals surface area contributed by atoms with Gasteiger partial charge in [-0.3, -0.25) is 4.79 Å². The molecule has 0 unspecified atom stereocenters. The molecule has 176 valence electrons. The molecular formula is C21H29F3N6O2. The largest absolute Gasteiger partial charge is 0.453 e. The monoisotopic (exact) mass is 454 g/mol. The number of anilines is 1. The molecule has 0 bridgehead atoms. The average molecular weight is 454 g/mol. The molecule has 0 spiro atoms. The van der Waals surface area contributed by atoms with E-state index in [9.17, 15) is 18.0 Å². The third-order valence-corrected chi connectivity index (χ3v) is 6.22. The van der Waals surface area contributed by atoms with Crippen LogP contribution in [0.3, 0.4) is 0 Å². The van der Waals surface area contributed by atoms with E-state index in [1.807, 2.05) is 4.90 Å². The first kappa shape index (κ1) is 22.8. The third-order valence-electron chi connectivity index (χ3n) is 6.22. The second kappa shape index (κ2) is 10.0. The summed E-state index contributed by atoms with van der Waals surface area (Å²) in [6.07, 6.45) is 3.86. The Balaban J connectivity index is 1.22. The minimum Gasteiger partial charge on any atom is -0.378 e. The summed E-state index contributed by atoms with van der Waals surface area (Å²) >= 11 is 0. The van der Waals surface area contributed by atoms with Crippen LogP contribution in [0.1, 0.15) is 57.2 Å². The smallest absolute Gasteiger partial charge is 0.378 e. The van der Waals surface area contributed by atoms with Gasteiger partial charge in [0, 0.05) is 32.2 Å². The van der Waals surface area contributed by atoms with Gasteiger partial charge in [0.2, 0.25) is 5.91 Å². The zero-order valence-electron chi connectivity index (χ0n) is 18.0. The molecule has 3 heterocycles. The fraction of sp³-hybridized carbons (Fsp3) is 0.714. The van der Waals surface area contributed by atoms with Crippen LogP contribution in [0.4, 0.5) is 19.0 Å². The molecule has 1 saturated heterocycles. The minimum atomic E-state index is -4.63. The summed E-state index contributed by atoms with van der Waals surface area (Å²) in [6.45, 7) is 2.36. The molecule has 2 fully saturated rings. The van der Waals surface area contributed by atoms with Crippen LogP contribution in [0.2, 0.25) is 0 Å². The van der Waals surface area contributed by atoms with Crippen molar-refractivity contribution in [1.82, 2.24) is 25.1 Å². The van der Waals surface area contributed by atoms with Gasteiger partial charge in [-0.05, 0) is 44.2 Å². The Morgan fingerprint density at radius 2 is 1.84 bits per heavy atom. The molecule has 1 saturated carbocycles. The highest BCUT2D eigenvalue weighted by Gasteiger charge is 2.38. The van der Waals surface area contributed by atoms with Crippen molar-refractivity contribution in [2.45, 2.75) is 63.6 Å². The molecule has 2 aromatic rings. The van der Waals surface area contributed by atoms with Gasteiger partial charge in [-0.1, -0.05) is 19.3 Å². The Morgan fingerprint density at radius 1 is 1.09 bits per heavy atom. The lowest BCUT2D eigenvalue weighted by atomic mass is 9.96. The number of amides is 1. The van der Waals surface area contributed by atoms with E-state index in [1.165, 1.54) is 25.3 Å². The maximum Gasteiger partial charge on any atom is 0.453 e. The summed E-state index contributed by atoms with van der Waals surface area (Å²) in [4.78, 5) is 14.4. The average Bonchev–Trinajstić information content (AvgIpc) is 3.23. The van der Waals surface area contributed by atoms with E-state index in [0.717, 1.165) is 23.8 Å². The van der Waals surface area contributed by atoms with E-state index in [2.05, 4.69) is 20.6 Å². The van der Waals surface area contributed by atoms with Gasteiger partial charge >= 0.3 is 6.18 Å². The number of ether oxygens (including phenoxy) is 1. The van der Waals surface area contributed by atoms with Crippen molar-refractivity contribution in [3.63, 3.8) is 0 Å². The molecule has 1 N–H and O–H groups in total. The van der Waals surface area contributed by atoms with E-state index in [0.29, 0.717) is 51.0 Å². The molecule has 1 aliphatic carbocycles. The van der Waals surface area contributed by atoms with E-state index >= 15 is 0 Å². The van der Waals surface area contributed by atoms with E-state index in [-0.39, 0.29) is 17.5 Å². The lowest BCUT2D eigenvalue weighted by Crippen LogP contribution is -2.41. The SMILES string of the molecule is O=C(NCCCOC1CCCCC1)C1CCN(c2ccc3nnc(C(F)(F)F)n3n2)CC1. The fourth-order valence-electron chi connectivity index (χ4n) is 4.41. The van der Waals surface area contributed by atoms with E-state index in [4.69, 9.17) is 4.74 Å². The molecule has 0 radical (unpaired) electrons. The normalized spacial score (nSPS) is 18.9. The van der Waals surface area contributed by atoms with Crippen LogP contribution < -0.4 is 10.2 Å². The molecule has 0 atom stereocenters. The highest BCUT2D eigenvalue weighted by atomic mass is 19.4. The van der Waals surface area contributed by atoms with Crippen molar-refractivity contribution in [2.75, 3.05) is 31.1 Å². The van der Waals surface area contributed by atoms with Crippen molar-refractivity contribution in [1.29, 1.82) is 0 Å². The lowest BCUT2D eigenvalue weighted by molar-refractivity contribution is -0.146. The van der Waals surface area contributed by atoms with Crippen LogP contribution >= 0.6 is 0 Å². The highest BCUT2D eigenvalue weighted by molar-refractivity contribution is 5.78. The maximum absolute atomic E-state index is 13.1. The van der Waals surface area contributed by atoms with Gasteiger partial charge in [-0.25, -0.2) is 0 Å². The van der Waals surface area contributed by atoms with Crippen LogP contribution in [0.15, 0.2) is 12.1 Å². The maximum atomic E-state index is 13.1. The van der Waals surface area contributed by atoms with Gasteiger partial charge in [0.15, 0.2) is 5.65 Å². The molecule has 8 nitrogen and oxygen atoms in total. The Labute approximate surface area is 184 Å². The molecule has 1 amide bonds. The predicted octanol–water partition coefficient (Wildman–Crippen LogP) is 3.22. The number of hydrogen-bond acceptors (Lipinski definition) is 6. The number of carbonyl (C=O) groups excluding carboxylic acids is 1. The topological polar surface area (TPSA) is 84.6 Å². The van der Waals surface area contributed by atoms with Gasteiger partial charge in [0.25, 0.3) is 5.82 Å². The predicted molar refractivity (Wildman–Crippen MR) is 111 cm³/mol. The molecule has 1 aliphatic heterocycles. The summed E-state index contributed by atoms with van der Waals surface area (Å²) in [6, 6.07) is 3.11.